The standard InChI is InChI=1S/C12H14N4O2/c1-2-15-9-10(8-14-15)7-13-11-4-3-5-12(6-11)16(17)18/h3-6,8-9,13H,2,7H2,1H3. The molecule has 1 aromatic heterocycles. The molecule has 0 aliphatic carbocycles. The molecule has 0 bridgehead atoms. The topological polar surface area (TPSA) is 73.0 Å². The van der Waals surface area contributed by atoms with Crippen molar-refractivity contribution in [2.24, 2.45) is 0 Å². The van der Waals surface area contributed by atoms with Crippen LogP contribution in [0.4, 0.5) is 11.4 Å². The first kappa shape index (κ1) is 12.1. The van der Waals surface area contributed by atoms with Crippen LogP contribution in [0.5, 0.6) is 0 Å². The van der Waals surface area contributed by atoms with E-state index in [2.05, 4.69) is 10.4 Å². The van der Waals surface area contributed by atoms with Crippen LogP contribution in [0.2, 0.25) is 0 Å². The van der Waals surface area contributed by atoms with Crippen LogP contribution in [0.3, 0.4) is 0 Å². The number of anilines is 1. The molecule has 0 saturated heterocycles. The molecule has 0 radical (unpaired) electrons. The number of benzene rings is 1. The molecule has 0 aliphatic heterocycles. The highest BCUT2D eigenvalue weighted by atomic mass is 16.6. The number of nitrogens with zero attached hydrogens (tertiary/aromatic N) is 3. The number of nitro benzene ring substituents is 1. The van der Waals surface area contributed by atoms with E-state index in [0.29, 0.717) is 6.54 Å². The number of nitro groups is 1. The van der Waals surface area contributed by atoms with Crippen molar-refractivity contribution < 1.29 is 4.92 Å². The van der Waals surface area contributed by atoms with Gasteiger partial charge in [-0.15, -0.1) is 0 Å². The summed E-state index contributed by atoms with van der Waals surface area (Å²) in [7, 11) is 0. The van der Waals surface area contributed by atoms with E-state index in [0.717, 1.165) is 17.8 Å². The van der Waals surface area contributed by atoms with Gasteiger partial charge in [0.25, 0.3) is 5.69 Å². The third-order valence-electron chi connectivity index (χ3n) is 2.56. The van der Waals surface area contributed by atoms with Crippen molar-refractivity contribution in [2.75, 3.05) is 5.32 Å². The molecule has 2 rings (SSSR count). The van der Waals surface area contributed by atoms with Crippen molar-refractivity contribution in [2.45, 2.75) is 20.0 Å². The Bertz CT molecular complexity index is 551. The summed E-state index contributed by atoms with van der Waals surface area (Å²) in [6.07, 6.45) is 3.73. The van der Waals surface area contributed by atoms with Crippen molar-refractivity contribution in [1.29, 1.82) is 0 Å². The summed E-state index contributed by atoms with van der Waals surface area (Å²) >= 11 is 0. The average molecular weight is 246 g/mol. The summed E-state index contributed by atoms with van der Waals surface area (Å²) in [4.78, 5) is 10.2. The maximum atomic E-state index is 10.6. The number of aryl methyl sites for hydroxylation is 1. The van der Waals surface area contributed by atoms with Gasteiger partial charge in [0.1, 0.15) is 0 Å². The molecule has 18 heavy (non-hydrogen) atoms. The molecular weight excluding hydrogens is 232 g/mol. The fourth-order valence-corrected chi connectivity index (χ4v) is 1.60. The number of rotatable bonds is 5. The number of non-ortho nitro benzene ring substituents is 1. The number of aromatic nitrogens is 2. The Morgan fingerprint density at radius 1 is 1.50 bits per heavy atom. The molecule has 0 unspecified atom stereocenters. The van der Waals surface area contributed by atoms with Gasteiger partial charge in [0, 0.05) is 42.7 Å². The molecule has 1 heterocycles. The van der Waals surface area contributed by atoms with Crippen LogP contribution in [0.1, 0.15) is 12.5 Å². The first-order valence-electron chi connectivity index (χ1n) is 5.68. The zero-order chi connectivity index (χ0) is 13.0. The second-order valence-electron chi connectivity index (χ2n) is 3.87. The molecule has 0 atom stereocenters. The SMILES string of the molecule is CCn1cc(CNc2cccc([N+](=O)[O-])c2)cn1. The number of hydrogen-bond donors (Lipinski definition) is 1. The van der Waals surface area contributed by atoms with Crippen LogP contribution in [0.25, 0.3) is 0 Å². The minimum Gasteiger partial charge on any atom is -0.381 e. The van der Waals surface area contributed by atoms with Gasteiger partial charge in [-0.3, -0.25) is 14.8 Å². The van der Waals surface area contributed by atoms with Crippen molar-refractivity contribution >= 4 is 11.4 Å². The second-order valence-corrected chi connectivity index (χ2v) is 3.87. The lowest BCUT2D eigenvalue weighted by Gasteiger charge is -2.04. The fraction of sp³-hybridized carbons (Fsp3) is 0.250. The highest BCUT2D eigenvalue weighted by Gasteiger charge is 2.05. The van der Waals surface area contributed by atoms with E-state index in [4.69, 9.17) is 0 Å². The summed E-state index contributed by atoms with van der Waals surface area (Å²) < 4.78 is 1.84. The van der Waals surface area contributed by atoms with Gasteiger partial charge in [-0.1, -0.05) is 6.07 Å². The van der Waals surface area contributed by atoms with Crippen LogP contribution in [0.15, 0.2) is 36.7 Å². The van der Waals surface area contributed by atoms with E-state index >= 15 is 0 Å². The first-order valence-corrected chi connectivity index (χ1v) is 5.68. The highest BCUT2D eigenvalue weighted by Crippen LogP contribution is 2.17. The smallest absolute Gasteiger partial charge is 0.271 e. The maximum absolute atomic E-state index is 10.6. The first-order chi connectivity index (χ1) is 8.69. The minimum atomic E-state index is -0.402. The molecule has 0 spiro atoms. The van der Waals surface area contributed by atoms with Gasteiger partial charge in [0.15, 0.2) is 0 Å². The van der Waals surface area contributed by atoms with Gasteiger partial charge >= 0.3 is 0 Å². The molecule has 6 heteroatoms. The Kier molecular flexibility index (Phi) is 3.57. The van der Waals surface area contributed by atoms with E-state index in [1.165, 1.54) is 12.1 Å². The van der Waals surface area contributed by atoms with E-state index in [-0.39, 0.29) is 5.69 Å². The van der Waals surface area contributed by atoms with Gasteiger partial charge in [-0.05, 0) is 13.0 Å². The van der Waals surface area contributed by atoms with Crippen molar-refractivity contribution in [1.82, 2.24) is 9.78 Å². The summed E-state index contributed by atoms with van der Waals surface area (Å²) in [5.41, 5.74) is 1.86. The zero-order valence-electron chi connectivity index (χ0n) is 10.0. The van der Waals surface area contributed by atoms with Crippen LogP contribution >= 0.6 is 0 Å². The average Bonchev–Trinajstić information content (AvgIpc) is 2.84. The lowest BCUT2D eigenvalue weighted by molar-refractivity contribution is -0.384. The summed E-state index contributed by atoms with van der Waals surface area (Å²) in [5, 5.41) is 17.9. The molecule has 6 nitrogen and oxygen atoms in total. The van der Waals surface area contributed by atoms with Crippen molar-refractivity contribution in [3.8, 4) is 0 Å². The Hall–Kier alpha value is -2.37. The van der Waals surface area contributed by atoms with Crippen LogP contribution in [0, 0.1) is 10.1 Å². The zero-order valence-corrected chi connectivity index (χ0v) is 10.0. The molecule has 0 amide bonds. The molecule has 1 N–H and O–H groups in total. The quantitative estimate of drug-likeness (QED) is 0.649. The largest absolute Gasteiger partial charge is 0.381 e. The van der Waals surface area contributed by atoms with Gasteiger partial charge in [-0.2, -0.15) is 5.10 Å². The molecule has 0 aliphatic rings. The Labute approximate surface area is 104 Å². The predicted octanol–water partition coefficient (Wildman–Crippen LogP) is 2.42. The molecular formula is C12H14N4O2. The van der Waals surface area contributed by atoms with Crippen LogP contribution in [-0.2, 0) is 13.1 Å². The summed E-state index contributed by atoms with van der Waals surface area (Å²) in [6, 6.07) is 6.46. The van der Waals surface area contributed by atoms with Gasteiger partial charge in [0.2, 0.25) is 0 Å². The van der Waals surface area contributed by atoms with Gasteiger partial charge < -0.3 is 5.32 Å². The third-order valence-corrected chi connectivity index (χ3v) is 2.56. The fourth-order valence-electron chi connectivity index (χ4n) is 1.60. The van der Waals surface area contributed by atoms with Gasteiger partial charge in [-0.25, -0.2) is 0 Å². The predicted molar refractivity (Wildman–Crippen MR) is 68.3 cm³/mol. The van der Waals surface area contributed by atoms with E-state index in [1.807, 2.05) is 17.8 Å². The van der Waals surface area contributed by atoms with Crippen LogP contribution in [-0.4, -0.2) is 14.7 Å². The minimum absolute atomic E-state index is 0.0873. The third kappa shape index (κ3) is 2.85. The Morgan fingerprint density at radius 3 is 3.00 bits per heavy atom. The molecule has 0 fully saturated rings. The summed E-state index contributed by atoms with van der Waals surface area (Å²) in [5.74, 6) is 0. The van der Waals surface area contributed by atoms with E-state index in [9.17, 15) is 10.1 Å². The Morgan fingerprint density at radius 2 is 2.33 bits per heavy atom. The molecule has 1 aromatic carbocycles. The normalized spacial score (nSPS) is 10.3. The van der Waals surface area contributed by atoms with Crippen molar-refractivity contribution in [3.05, 3.63) is 52.3 Å². The molecule has 94 valence electrons. The van der Waals surface area contributed by atoms with Crippen LogP contribution < -0.4 is 5.32 Å². The second kappa shape index (κ2) is 5.31. The maximum Gasteiger partial charge on any atom is 0.271 e. The monoisotopic (exact) mass is 246 g/mol. The number of hydrogen-bond acceptors (Lipinski definition) is 4. The Balaban J connectivity index is 2.01. The van der Waals surface area contributed by atoms with E-state index < -0.39 is 4.92 Å². The molecule has 2 aromatic rings. The lowest BCUT2D eigenvalue weighted by atomic mass is 10.2. The molecule has 0 saturated carbocycles. The van der Waals surface area contributed by atoms with Gasteiger partial charge in [0.05, 0.1) is 11.1 Å². The van der Waals surface area contributed by atoms with E-state index in [1.54, 1.807) is 18.3 Å². The highest BCUT2D eigenvalue weighted by molar-refractivity contribution is 5.51. The van der Waals surface area contributed by atoms with Crippen molar-refractivity contribution in [3.63, 3.8) is 0 Å². The number of nitrogens with one attached hydrogen (secondary N) is 1. The lowest BCUT2D eigenvalue weighted by Crippen LogP contribution is -1.99. The summed E-state index contributed by atoms with van der Waals surface area (Å²) in [6.45, 7) is 3.45.